The van der Waals surface area contributed by atoms with Crippen LogP contribution >= 0.6 is 0 Å². The van der Waals surface area contributed by atoms with Crippen LogP contribution in [0.1, 0.15) is 12.8 Å². The Morgan fingerprint density at radius 1 is 1.30 bits per heavy atom. The van der Waals surface area contributed by atoms with Gasteiger partial charge in [0.25, 0.3) is 0 Å². The van der Waals surface area contributed by atoms with Crippen molar-refractivity contribution in [2.24, 2.45) is 0 Å². The molecule has 0 spiro atoms. The quantitative estimate of drug-likeness (QED) is 0.622. The Kier molecular flexibility index (Phi) is 4.91. The van der Waals surface area contributed by atoms with E-state index in [2.05, 4.69) is 5.32 Å². The van der Waals surface area contributed by atoms with E-state index in [1.165, 1.54) is 4.90 Å². The zero-order valence-corrected chi connectivity index (χ0v) is 11.0. The van der Waals surface area contributed by atoms with Crippen LogP contribution in [0.4, 0.5) is 0 Å². The predicted octanol–water partition coefficient (Wildman–Crippen LogP) is -1.41. The van der Waals surface area contributed by atoms with Crippen LogP contribution in [0, 0.1) is 0 Å². The summed E-state index contributed by atoms with van der Waals surface area (Å²) in [7, 11) is 0. The van der Waals surface area contributed by atoms with E-state index >= 15 is 0 Å². The number of amides is 2. The van der Waals surface area contributed by atoms with Gasteiger partial charge in [-0.3, -0.25) is 9.59 Å². The molecule has 2 fully saturated rings. The normalized spacial score (nSPS) is 22.4. The van der Waals surface area contributed by atoms with Crippen molar-refractivity contribution in [1.82, 2.24) is 10.2 Å². The standard InChI is InChI=1S/C12H18N2O6/c15-10(6-20-7-11(16)17)14-3-4-19-5-9(14)12(18)13-8-1-2-8/h8-9H,1-7H2,(H,13,18)(H,16,17). The molecule has 1 heterocycles. The summed E-state index contributed by atoms with van der Waals surface area (Å²) in [6.07, 6.45) is 1.93. The maximum absolute atomic E-state index is 12.0. The molecule has 1 unspecified atom stereocenters. The van der Waals surface area contributed by atoms with Crippen LogP contribution in [0.2, 0.25) is 0 Å². The Balaban J connectivity index is 1.86. The molecule has 2 aliphatic rings. The number of hydrogen-bond donors (Lipinski definition) is 2. The lowest BCUT2D eigenvalue weighted by Crippen LogP contribution is -2.57. The minimum Gasteiger partial charge on any atom is -0.480 e. The lowest BCUT2D eigenvalue weighted by Gasteiger charge is -2.34. The number of nitrogens with zero attached hydrogens (tertiary/aromatic N) is 1. The summed E-state index contributed by atoms with van der Waals surface area (Å²) < 4.78 is 10.0. The summed E-state index contributed by atoms with van der Waals surface area (Å²) in [4.78, 5) is 35.7. The number of carbonyl (C=O) groups is 3. The van der Waals surface area contributed by atoms with Crippen molar-refractivity contribution in [3.63, 3.8) is 0 Å². The van der Waals surface area contributed by atoms with Gasteiger partial charge in [0, 0.05) is 12.6 Å². The van der Waals surface area contributed by atoms with Gasteiger partial charge >= 0.3 is 5.97 Å². The number of nitrogens with one attached hydrogen (secondary N) is 1. The Morgan fingerprint density at radius 3 is 2.70 bits per heavy atom. The van der Waals surface area contributed by atoms with Crippen molar-refractivity contribution in [2.45, 2.75) is 24.9 Å². The molecule has 1 aliphatic heterocycles. The summed E-state index contributed by atoms with van der Waals surface area (Å²) >= 11 is 0. The molecule has 2 amide bonds. The van der Waals surface area contributed by atoms with Crippen molar-refractivity contribution in [2.75, 3.05) is 33.0 Å². The lowest BCUT2D eigenvalue weighted by molar-refractivity contribution is -0.154. The van der Waals surface area contributed by atoms with Gasteiger partial charge in [0.15, 0.2) is 0 Å². The number of carboxylic acid groups (broad SMARTS) is 1. The van der Waals surface area contributed by atoms with Crippen LogP contribution in [0.3, 0.4) is 0 Å². The number of carbonyl (C=O) groups excluding carboxylic acids is 2. The maximum Gasteiger partial charge on any atom is 0.329 e. The van der Waals surface area contributed by atoms with Gasteiger partial charge in [0.2, 0.25) is 11.8 Å². The highest BCUT2D eigenvalue weighted by atomic mass is 16.5. The number of rotatable bonds is 6. The average molecular weight is 286 g/mol. The maximum atomic E-state index is 12.0. The first-order chi connectivity index (χ1) is 9.58. The van der Waals surface area contributed by atoms with Gasteiger partial charge in [-0.25, -0.2) is 4.79 Å². The highest BCUT2D eigenvalue weighted by Gasteiger charge is 2.35. The Morgan fingerprint density at radius 2 is 2.05 bits per heavy atom. The van der Waals surface area contributed by atoms with Gasteiger partial charge in [0.1, 0.15) is 19.3 Å². The summed E-state index contributed by atoms with van der Waals surface area (Å²) in [5.74, 6) is -1.76. The van der Waals surface area contributed by atoms with Crippen LogP contribution < -0.4 is 5.32 Å². The van der Waals surface area contributed by atoms with E-state index in [0.29, 0.717) is 13.2 Å². The zero-order valence-electron chi connectivity index (χ0n) is 11.0. The molecule has 1 saturated heterocycles. The number of aliphatic carboxylic acids is 1. The molecule has 2 N–H and O–H groups in total. The number of hydrogen-bond acceptors (Lipinski definition) is 5. The van der Waals surface area contributed by atoms with E-state index in [0.717, 1.165) is 12.8 Å². The largest absolute Gasteiger partial charge is 0.480 e. The fourth-order valence-electron chi connectivity index (χ4n) is 1.95. The van der Waals surface area contributed by atoms with E-state index in [-0.39, 0.29) is 25.2 Å². The molecule has 20 heavy (non-hydrogen) atoms. The monoisotopic (exact) mass is 286 g/mol. The van der Waals surface area contributed by atoms with Gasteiger partial charge in [-0.1, -0.05) is 0 Å². The molecule has 8 nitrogen and oxygen atoms in total. The lowest BCUT2D eigenvalue weighted by atomic mass is 10.2. The third kappa shape index (κ3) is 4.17. The molecule has 0 aromatic rings. The van der Waals surface area contributed by atoms with Crippen LogP contribution in [0.25, 0.3) is 0 Å². The van der Waals surface area contributed by atoms with Crippen molar-refractivity contribution in [3.8, 4) is 0 Å². The topological polar surface area (TPSA) is 105 Å². The molecule has 1 atom stereocenters. The zero-order chi connectivity index (χ0) is 14.5. The molecule has 0 radical (unpaired) electrons. The van der Waals surface area contributed by atoms with Gasteiger partial charge in [-0.05, 0) is 12.8 Å². The highest BCUT2D eigenvalue weighted by molar-refractivity contribution is 5.88. The minimum atomic E-state index is -1.14. The summed E-state index contributed by atoms with van der Waals surface area (Å²) in [5, 5.41) is 11.3. The molecule has 1 saturated carbocycles. The van der Waals surface area contributed by atoms with Gasteiger partial charge in [0.05, 0.1) is 13.2 Å². The third-order valence-electron chi connectivity index (χ3n) is 3.13. The van der Waals surface area contributed by atoms with Crippen LogP contribution in [0.15, 0.2) is 0 Å². The SMILES string of the molecule is O=C(O)COCC(=O)N1CCOCC1C(=O)NC1CC1. The smallest absolute Gasteiger partial charge is 0.329 e. The fraction of sp³-hybridized carbons (Fsp3) is 0.750. The van der Waals surface area contributed by atoms with E-state index in [1.54, 1.807) is 0 Å². The second-order valence-corrected chi connectivity index (χ2v) is 4.85. The van der Waals surface area contributed by atoms with Crippen LogP contribution in [0.5, 0.6) is 0 Å². The first kappa shape index (κ1) is 14.7. The van der Waals surface area contributed by atoms with Crippen molar-refractivity contribution in [3.05, 3.63) is 0 Å². The van der Waals surface area contributed by atoms with Crippen LogP contribution in [-0.2, 0) is 23.9 Å². The van der Waals surface area contributed by atoms with E-state index in [4.69, 9.17) is 14.6 Å². The second kappa shape index (κ2) is 6.67. The number of carboxylic acids is 1. The summed E-state index contributed by atoms with van der Waals surface area (Å²) in [6, 6.07) is -0.449. The van der Waals surface area contributed by atoms with Crippen molar-refractivity contribution in [1.29, 1.82) is 0 Å². The fourth-order valence-corrected chi connectivity index (χ4v) is 1.95. The van der Waals surface area contributed by atoms with Gasteiger partial charge < -0.3 is 24.8 Å². The Bertz CT molecular complexity index is 395. The third-order valence-corrected chi connectivity index (χ3v) is 3.13. The number of morpholine rings is 1. The summed E-state index contributed by atoms with van der Waals surface area (Å²) in [6.45, 7) is -0.0619. The van der Waals surface area contributed by atoms with Gasteiger partial charge in [-0.15, -0.1) is 0 Å². The molecule has 1 aliphatic carbocycles. The molecule has 2 rings (SSSR count). The molecule has 112 valence electrons. The first-order valence-electron chi connectivity index (χ1n) is 6.55. The van der Waals surface area contributed by atoms with Crippen molar-refractivity contribution < 1.29 is 29.0 Å². The average Bonchev–Trinajstić information content (AvgIpc) is 3.22. The van der Waals surface area contributed by atoms with Gasteiger partial charge in [-0.2, -0.15) is 0 Å². The minimum absolute atomic E-state index is 0.156. The van der Waals surface area contributed by atoms with E-state index < -0.39 is 24.5 Å². The first-order valence-corrected chi connectivity index (χ1v) is 6.55. The molecular weight excluding hydrogens is 268 g/mol. The second-order valence-electron chi connectivity index (χ2n) is 4.85. The highest BCUT2D eigenvalue weighted by Crippen LogP contribution is 2.19. The predicted molar refractivity (Wildman–Crippen MR) is 65.9 cm³/mol. The van der Waals surface area contributed by atoms with E-state index in [9.17, 15) is 14.4 Å². The summed E-state index contributed by atoms with van der Waals surface area (Å²) in [5.41, 5.74) is 0. The Hall–Kier alpha value is -1.67. The Labute approximate surface area is 116 Å². The molecule has 8 heteroatoms. The number of ether oxygens (including phenoxy) is 2. The molecule has 0 bridgehead atoms. The van der Waals surface area contributed by atoms with Crippen LogP contribution in [-0.4, -0.2) is 72.8 Å². The van der Waals surface area contributed by atoms with E-state index in [1.807, 2.05) is 0 Å². The molecule has 0 aromatic heterocycles. The molecule has 0 aromatic carbocycles. The van der Waals surface area contributed by atoms with Crippen molar-refractivity contribution >= 4 is 17.8 Å². The molecular formula is C12H18N2O6.